The minimum absolute atomic E-state index is 0.784. The highest BCUT2D eigenvalue weighted by atomic mass is 16.5. The zero-order valence-corrected chi connectivity index (χ0v) is 8.74. The van der Waals surface area contributed by atoms with Crippen molar-refractivity contribution in [1.29, 1.82) is 0 Å². The minimum atomic E-state index is 0.784. The highest BCUT2D eigenvalue weighted by Gasteiger charge is 1.87. The summed E-state index contributed by atoms with van der Waals surface area (Å²) >= 11 is 0. The van der Waals surface area contributed by atoms with Crippen LogP contribution in [0.15, 0.2) is 34.5 Å². The van der Waals surface area contributed by atoms with Crippen molar-refractivity contribution in [2.24, 2.45) is 0 Å². The Hall–Kier alpha value is -1.31. The van der Waals surface area contributed by atoms with Gasteiger partial charge in [0.15, 0.2) is 5.76 Å². The fraction of sp³-hybridized carbons (Fsp3) is 0.364. The highest BCUT2D eigenvalue weighted by Crippen LogP contribution is 2.02. The summed E-state index contributed by atoms with van der Waals surface area (Å²) in [6, 6.07) is 1.82. The van der Waals surface area contributed by atoms with Crippen LogP contribution in [0.5, 0.6) is 0 Å². The number of hydrogen-bond acceptors (Lipinski definition) is 2. The summed E-state index contributed by atoms with van der Waals surface area (Å²) in [5.41, 5.74) is 1.21. The van der Waals surface area contributed by atoms with Crippen LogP contribution in [0.3, 0.4) is 0 Å². The van der Waals surface area contributed by atoms with Crippen molar-refractivity contribution in [3.63, 3.8) is 0 Å². The molecule has 0 aliphatic carbocycles. The molecule has 0 saturated heterocycles. The molecule has 2 nitrogen and oxygen atoms in total. The molecule has 1 aromatic heterocycles. The molecule has 1 heterocycles. The van der Waals surface area contributed by atoms with Crippen LogP contribution in [-0.4, -0.2) is 5.16 Å². The molecule has 13 heavy (non-hydrogen) atoms. The quantitative estimate of drug-likeness (QED) is 0.647. The van der Waals surface area contributed by atoms with E-state index in [1.807, 2.05) is 52.0 Å². The highest BCUT2D eigenvalue weighted by molar-refractivity contribution is 5.46. The first-order valence-corrected chi connectivity index (χ1v) is 4.54. The summed E-state index contributed by atoms with van der Waals surface area (Å²) in [5, 5.41) is 3.58. The number of rotatable bonds is 2. The van der Waals surface area contributed by atoms with E-state index in [0.717, 1.165) is 5.76 Å². The van der Waals surface area contributed by atoms with Crippen LogP contribution < -0.4 is 0 Å². The Morgan fingerprint density at radius 1 is 1.46 bits per heavy atom. The zero-order valence-electron chi connectivity index (χ0n) is 8.74. The Morgan fingerprint density at radius 2 is 2.15 bits per heavy atom. The lowest BCUT2D eigenvalue weighted by Gasteiger charge is -1.85. The topological polar surface area (TPSA) is 26.0 Å². The van der Waals surface area contributed by atoms with Crippen LogP contribution >= 0.6 is 0 Å². The van der Waals surface area contributed by atoms with Gasteiger partial charge in [0.1, 0.15) is 0 Å². The molecule has 72 valence electrons. The molecule has 0 atom stereocenters. The molecule has 0 fully saturated rings. The van der Waals surface area contributed by atoms with E-state index in [4.69, 9.17) is 4.52 Å². The second-order valence-electron chi connectivity index (χ2n) is 2.28. The van der Waals surface area contributed by atoms with Gasteiger partial charge in [-0.15, -0.1) is 0 Å². The van der Waals surface area contributed by atoms with Crippen LogP contribution in [0.25, 0.3) is 6.08 Å². The molecule has 0 amide bonds. The monoisotopic (exact) mass is 179 g/mol. The maximum atomic E-state index is 4.86. The fourth-order valence-electron chi connectivity index (χ4n) is 0.621. The molecule has 0 saturated carbocycles. The van der Waals surface area contributed by atoms with Gasteiger partial charge in [0.05, 0.1) is 6.20 Å². The van der Waals surface area contributed by atoms with Crippen LogP contribution in [-0.2, 0) is 0 Å². The molecule has 0 N–H and O–H groups in total. The summed E-state index contributed by atoms with van der Waals surface area (Å²) in [7, 11) is 0. The van der Waals surface area contributed by atoms with Gasteiger partial charge in [0.25, 0.3) is 0 Å². The van der Waals surface area contributed by atoms with Crippen molar-refractivity contribution in [2.75, 3.05) is 0 Å². The smallest absolute Gasteiger partial charge is 0.159 e. The normalized spacial score (nSPS) is 11.2. The predicted molar refractivity (Wildman–Crippen MR) is 56.3 cm³/mol. The largest absolute Gasteiger partial charge is 0.357 e. The first kappa shape index (κ1) is 11.7. The SMILES string of the molecule is C/C=C(C)\C=C/c1ccno1.CC. The summed E-state index contributed by atoms with van der Waals surface area (Å²) in [6.45, 7) is 8.03. The van der Waals surface area contributed by atoms with Crippen LogP contribution in [0.1, 0.15) is 33.5 Å². The van der Waals surface area contributed by atoms with Crippen LogP contribution in [0, 0.1) is 0 Å². The van der Waals surface area contributed by atoms with E-state index < -0.39 is 0 Å². The molecule has 0 aromatic carbocycles. The van der Waals surface area contributed by atoms with E-state index >= 15 is 0 Å². The van der Waals surface area contributed by atoms with Crippen molar-refractivity contribution < 1.29 is 4.52 Å². The van der Waals surface area contributed by atoms with Crippen molar-refractivity contribution in [1.82, 2.24) is 5.16 Å². The molecule has 1 rings (SSSR count). The first-order chi connectivity index (χ1) is 6.33. The Bertz CT molecular complexity index is 258. The third kappa shape index (κ3) is 5.01. The molecule has 0 radical (unpaired) electrons. The van der Waals surface area contributed by atoms with Gasteiger partial charge in [-0.3, -0.25) is 0 Å². The first-order valence-electron chi connectivity index (χ1n) is 4.54. The maximum Gasteiger partial charge on any atom is 0.159 e. The summed E-state index contributed by atoms with van der Waals surface area (Å²) in [5.74, 6) is 0.784. The van der Waals surface area contributed by atoms with Gasteiger partial charge in [0, 0.05) is 6.07 Å². The molecule has 2 heteroatoms. The molecule has 0 bridgehead atoms. The average Bonchev–Trinajstić information content (AvgIpc) is 2.70. The third-order valence-corrected chi connectivity index (χ3v) is 1.42. The van der Waals surface area contributed by atoms with Crippen molar-refractivity contribution >= 4 is 6.08 Å². The zero-order chi connectivity index (χ0) is 10.1. The Morgan fingerprint density at radius 3 is 2.62 bits per heavy atom. The van der Waals surface area contributed by atoms with Gasteiger partial charge in [0.2, 0.25) is 0 Å². The van der Waals surface area contributed by atoms with E-state index in [1.165, 1.54) is 5.57 Å². The van der Waals surface area contributed by atoms with Gasteiger partial charge in [-0.2, -0.15) is 0 Å². The fourth-order valence-corrected chi connectivity index (χ4v) is 0.621. The maximum absolute atomic E-state index is 4.86. The second kappa shape index (κ2) is 7.35. The van der Waals surface area contributed by atoms with Crippen LogP contribution in [0.2, 0.25) is 0 Å². The molecule has 0 unspecified atom stereocenters. The lowest BCUT2D eigenvalue weighted by molar-refractivity contribution is 0.413. The lowest BCUT2D eigenvalue weighted by atomic mass is 10.2. The standard InChI is InChI=1S/C9H11NO.C2H6/c1-3-8(2)4-5-9-6-7-10-11-9;1-2/h3-7H,1-2H3;1-2H3/b5-4-,8-3-;. The number of aromatic nitrogens is 1. The molecule has 1 aromatic rings. The van der Waals surface area contributed by atoms with Crippen LogP contribution in [0.4, 0.5) is 0 Å². The second-order valence-corrected chi connectivity index (χ2v) is 2.28. The molecular weight excluding hydrogens is 162 g/mol. The molecule has 0 aliphatic heterocycles. The Kier molecular flexibility index (Phi) is 6.60. The molecular formula is C11H17NO. The Labute approximate surface area is 79.9 Å². The minimum Gasteiger partial charge on any atom is -0.357 e. The van der Waals surface area contributed by atoms with E-state index in [2.05, 4.69) is 5.16 Å². The van der Waals surface area contributed by atoms with Gasteiger partial charge < -0.3 is 4.52 Å². The summed E-state index contributed by atoms with van der Waals surface area (Å²) in [4.78, 5) is 0. The van der Waals surface area contributed by atoms with Crippen molar-refractivity contribution in [3.8, 4) is 0 Å². The summed E-state index contributed by atoms with van der Waals surface area (Å²) < 4.78 is 4.86. The van der Waals surface area contributed by atoms with E-state index in [0.29, 0.717) is 0 Å². The van der Waals surface area contributed by atoms with Gasteiger partial charge in [-0.1, -0.05) is 36.7 Å². The van der Waals surface area contributed by atoms with Gasteiger partial charge in [-0.05, 0) is 19.9 Å². The number of nitrogens with zero attached hydrogens (tertiary/aromatic N) is 1. The molecule has 0 aliphatic rings. The van der Waals surface area contributed by atoms with Crippen molar-refractivity contribution in [3.05, 3.63) is 35.7 Å². The number of hydrogen-bond donors (Lipinski definition) is 0. The van der Waals surface area contributed by atoms with Crippen molar-refractivity contribution in [2.45, 2.75) is 27.7 Å². The molecule has 0 spiro atoms. The van der Waals surface area contributed by atoms with E-state index in [1.54, 1.807) is 6.20 Å². The third-order valence-electron chi connectivity index (χ3n) is 1.42. The lowest BCUT2D eigenvalue weighted by Crippen LogP contribution is -1.65. The van der Waals surface area contributed by atoms with Gasteiger partial charge in [-0.25, -0.2) is 0 Å². The number of allylic oxidation sites excluding steroid dienone is 3. The van der Waals surface area contributed by atoms with Gasteiger partial charge >= 0.3 is 0 Å². The average molecular weight is 179 g/mol. The summed E-state index contributed by atoms with van der Waals surface area (Å²) in [6.07, 6.45) is 7.54. The van der Waals surface area contributed by atoms with E-state index in [9.17, 15) is 0 Å². The Balaban J connectivity index is 0.000000671. The van der Waals surface area contributed by atoms with E-state index in [-0.39, 0.29) is 0 Å². The predicted octanol–water partition coefficient (Wildman–Crippen LogP) is 3.68.